The third-order valence-electron chi connectivity index (χ3n) is 4.44. The molecule has 3 aromatic rings. The molecule has 0 unspecified atom stereocenters. The first-order chi connectivity index (χ1) is 14.4. The standard InChI is InChI=1S/C22H21ClFN3O2S/c1-5-10-29-19-13(3)11-15(12-14(19)4)20-25-26-22(30-20)27(6-2)21(28)16-8-7-9-17(23)18(16)24/h5,7-9,11-12H,1,6,10H2,2-4H3. The van der Waals surface area contributed by atoms with Crippen LogP contribution in [0.1, 0.15) is 28.4 Å². The first-order valence-corrected chi connectivity index (χ1v) is 10.5. The number of carbonyl (C=O) groups excluding carboxylic acids is 1. The second-order valence-corrected chi connectivity index (χ2v) is 7.94. The molecule has 8 heteroatoms. The smallest absolute Gasteiger partial charge is 0.263 e. The lowest BCUT2D eigenvalue weighted by Crippen LogP contribution is -2.31. The summed E-state index contributed by atoms with van der Waals surface area (Å²) in [6.45, 7) is 10.1. The van der Waals surface area contributed by atoms with E-state index in [1.54, 1.807) is 19.1 Å². The van der Waals surface area contributed by atoms with Crippen LogP contribution < -0.4 is 9.64 Å². The maximum Gasteiger partial charge on any atom is 0.263 e. The summed E-state index contributed by atoms with van der Waals surface area (Å²) < 4.78 is 20.0. The molecule has 0 saturated carbocycles. The second-order valence-electron chi connectivity index (χ2n) is 6.58. The van der Waals surface area contributed by atoms with Gasteiger partial charge in [-0.15, -0.1) is 10.2 Å². The monoisotopic (exact) mass is 445 g/mol. The molecule has 2 aromatic carbocycles. The zero-order valence-electron chi connectivity index (χ0n) is 16.9. The van der Waals surface area contributed by atoms with Gasteiger partial charge in [0.05, 0.1) is 10.6 Å². The number of amides is 1. The van der Waals surface area contributed by atoms with Crippen LogP contribution in [0, 0.1) is 19.7 Å². The third kappa shape index (κ3) is 4.37. The van der Waals surface area contributed by atoms with E-state index in [9.17, 15) is 9.18 Å². The Hall–Kier alpha value is -2.77. The lowest BCUT2D eigenvalue weighted by Gasteiger charge is -2.17. The topological polar surface area (TPSA) is 55.3 Å². The highest BCUT2D eigenvalue weighted by atomic mass is 35.5. The number of ether oxygens (including phenoxy) is 1. The average Bonchev–Trinajstić information content (AvgIpc) is 3.19. The Morgan fingerprint density at radius 3 is 2.63 bits per heavy atom. The van der Waals surface area contributed by atoms with Crippen LogP contribution >= 0.6 is 22.9 Å². The van der Waals surface area contributed by atoms with Crippen LogP contribution in [0.25, 0.3) is 10.6 Å². The van der Waals surface area contributed by atoms with Crippen molar-refractivity contribution in [2.75, 3.05) is 18.1 Å². The van der Waals surface area contributed by atoms with Crippen molar-refractivity contribution in [2.45, 2.75) is 20.8 Å². The lowest BCUT2D eigenvalue weighted by molar-refractivity contribution is 0.0984. The van der Waals surface area contributed by atoms with E-state index in [0.29, 0.717) is 23.3 Å². The van der Waals surface area contributed by atoms with Gasteiger partial charge in [0.2, 0.25) is 5.13 Å². The number of rotatable bonds is 7. The van der Waals surface area contributed by atoms with Crippen LogP contribution in [0.4, 0.5) is 9.52 Å². The number of carbonyl (C=O) groups is 1. The number of hydrogen-bond acceptors (Lipinski definition) is 5. The van der Waals surface area contributed by atoms with Crippen molar-refractivity contribution in [3.63, 3.8) is 0 Å². The summed E-state index contributed by atoms with van der Waals surface area (Å²) in [5, 5.41) is 9.36. The molecule has 0 aliphatic rings. The quantitative estimate of drug-likeness (QED) is 0.428. The van der Waals surface area contributed by atoms with Crippen molar-refractivity contribution in [3.8, 4) is 16.3 Å². The summed E-state index contributed by atoms with van der Waals surface area (Å²) in [4.78, 5) is 14.3. The minimum absolute atomic E-state index is 0.0976. The van der Waals surface area contributed by atoms with E-state index < -0.39 is 11.7 Å². The average molecular weight is 446 g/mol. The molecule has 1 aromatic heterocycles. The van der Waals surface area contributed by atoms with Gasteiger partial charge >= 0.3 is 0 Å². The second kappa shape index (κ2) is 9.36. The minimum Gasteiger partial charge on any atom is -0.489 e. The first kappa shape index (κ1) is 21.9. The molecule has 1 amide bonds. The summed E-state index contributed by atoms with van der Waals surface area (Å²) in [7, 11) is 0. The molecule has 0 N–H and O–H groups in total. The Morgan fingerprint density at radius 1 is 1.30 bits per heavy atom. The van der Waals surface area contributed by atoms with E-state index in [2.05, 4.69) is 16.8 Å². The fourth-order valence-electron chi connectivity index (χ4n) is 3.06. The van der Waals surface area contributed by atoms with Crippen LogP contribution in [-0.4, -0.2) is 29.3 Å². The number of nitrogens with zero attached hydrogens (tertiary/aromatic N) is 3. The number of benzene rings is 2. The Kier molecular flexibility index (Phi) is 6.84. The van der Waals surface area contributed by atoms with Crippen molar-refractivity contribution in [2.24, 2.45) is 0 Å². The van der Waals surface area contributed by atoms with Gasteiger partial charge in [0.15, 0.2) is 5.82 Å². The molecule has 0 aliphatic heterocycles. The van der Waals surface area contributed by atoms with Crippen LogP contribution in [0.3, 0.4) is 0 Å². The zero-order valence-corrected chi connectivity index (χ0v) is 18.5. The van der Waals surface area contributed by atoms with Crippen molar-refractivity contribution in [1.82, 2.24) is 10.2 Å². The van der Waals surface area contributed by atoms with Crippen molar-refractivity contribution >= 4 is 34.0 Å². The Morgan fingerprint density at radius 2 is 2.00 bits per heavy atom. The van der Waals surface area contributed by atoms with Gasteiger partial charge < -0.3 is 4.74 Å². The number of hydrogen-bond donors (Lipinski definition) is 0. The van der Waals surface area contributed by atoms with Gasteiger partial charge in [0.25, 0.3) is 5.91 Å². The van der Waals surface area contributed by atoms with E-state index in [0.717, 1.165) is 22.4 Å². The Bertz CT molecular complexity index is 1080. The largest absolute Gasteiger partial charge is 0.489 e. The molecule has 1 heterocycles. The van der Waals surface area contributed by atoms with Gasteiger partial charge in [0, 0.05) is 12.1 Å². The highest BCUT2D eigenvalue weighted by molar-refractivity contribution is 7.18. The maximum absolute atomic E-state index is 14.3. The molecular weight excluding hydrogens is 425 g/mol. The number of anilines is 1. The molecule has 0 fully saturated rings. The van der Waals surface area contributed by atoms with E-state index in [-0.39, 0.29) is 10.6 Å². The first-order valence-electron chi connectivity index (χ1n) is 9.32. The predicted octanol–water partition coefficient (Wildman–Crippen LogP) is 5.85. The molecule has 5 nitrogen and oxygen atoms in total. The SMILES string of the molecule is C=CCOc1c(C)cc(-c2nnc(N(CC)C(=O)c3cccc(Cl)c3F)s2)cc1C. The maximum atomic E-state index is 14.3. The van der Waals surface area contributed by atoms with Crippen molar-refractivity contribution in [3.05, 3.63) is 70.5 Å². The summed E-state index contributed by atoms with van der Waals surface area (Å²) in [6, 6.07) is 8.28. The van der Waals surface area contributed by atoms with E-state index in [4.69, 9.17) is 16.3 Å². The summed E-state index contributed by atoms with van der Waals surface area (Å²) in [5.74, 6) is -0.445. The molecule has 0 aliphatic carbocycles. The molecule has 0 radical (unpaired) electrons. The van der Waals surface area contributed by atoms with Gasteiger partial charge in [-0.05, 0) is 56.2 Å². The number of aromatic nitrogens is 2. The van der Waals surface area contributed by atoms with Crippen LogP contribution in [0.2, 0.25) is 5.02 Å². The van der Waals surface area contributed by atoms with Crippen molar-refractivity contribution in [1.29, 1.82) is 0 Å². The van der Waals surface area contributed by atoms with Gasteiger partial charge in [0.1, 0.15) is 17.4 Å². The van der Waals surface area contributed by atoms with Crippen LogP contribution in [0.15, 0.2) is 43.0 Å². The molecule has 0 bridgehead atoms. The van der Waals surface area contributed by atoms with Crippen molar-refractivity contribution < 1.29 is 13.9 Å². The van der Waals surface area contributed by atoms with Crippen LogP contribution in [0.5, 0.6) is 5.75 Å². The fraction of sp³-hybridized carbons (Fsp3) is 0.227. The zero-order chi connectivity index (χ0) is 21.8. The van der Waals surface area contributed by atoms with Gasteiger partial charge in [-0.3, -0.25) is 9.69 Å². The predicted molar refractivity (Wildman–Crippen MR) is 119 cm³/mol. The molecule has 0 spiro atoms. The van der Waals surface area contributed by atoms with Gasteiger partial charge in [-0.1, -0.05) is 41.7 Å². The Labute approximate surface area is 183 Å². The normalized spacial score (nSPS) is 10.7. The highest BCUT2D eigenvalue weighted by Gasteiger charge is 2.24. The van der Waals surface area contributed by atoms with Crippen LogP contribution in [-0.2, 0) is 0 Å². The molecule has 0 saturated heterocycles. The molecule has 30 heavy (non-hydrogen) atoms. The molecule has 156 valence electrons. The molecule has 0 atom stereocenters. The summed E-state index contributed by atoms with van der Waals surface area (Å²) in [5.41, 5.74) is 2.70. The molecule has 3 rings (SSSR count). The fourth-order valence-corrected chi connectivity index (χ4v) is 4.13. The number of aryl methyl sites for hydroxylation is 2. The summed E-state index contributed by atoms with van der Waals surface area (Å²) in [6.07, 6.45) is 1.70. The number of halogens is 2. The van der Waals surface area contributed by atoms with E-state index >= 15 is 0 Å². The minimum atomic E-state index is -0.742. The van der Waals surface area contributed by atoms with E-state index in [1.807, 2.05) is 26.0 Å². The molecular formula is C22H21ClFN3O2S. The van der Waals surface area contributed by atoms with Gasteiger partial charge in [-0.25, -0.2) is 4.39 Å². The third-order valence-corrected chi connectivity index (χ3v) is 5.73. The lowest BCUT2D eigenvalue weighted by atomic mass is 10.1. The highest BCUT2D eigenvalue weighted by Crippen LogP contribution is 2.34. The van der Waals surface area contributed by atoms with E-state index in [1.165, 1.54) is 28.4 Å². The summed E-state index contributed by atoms with van der Waals surface area (Å²) >= 11 is 7.09. The Balaban J connectivity index is 1.92. The van der Waals surface area contributed by atoms with Gasteiger partial charge in [-0.2, -0.15) is 0 Å².